The number of hydrogen-bond acceptors (Lipinski definition) is 3. The van der Waals surface area contributed by atoms with Crippen LogP contribution in [0.25, 0.3) is 0 Å². The second kappa shape index (κ2) is 7.62. The number of amides is 1. The number of aryl methyl sites for hydroxylation is 1. The number of imidazole rings is 1. The van der Waals surface area contributed by atoms with Gasteiger partial charge in [0.15, 0.2) is 0 Å². The molecule has 1 aromatic heterocycles. The van der Waals surface area contributed by atoms with Gasteiger partial charge in [0, 0.05) is 31.9 Å². The number of likely N-dealkylation sites (tertiary alicyclic amines) is 1. The summed E-state index contributed by atoms with van der Waals surface area (Å²) < 4.78 is 1.95. The second-order valence-corrected chi connectivity index (χ2v) is 6.50. The van der Waals surface area contributed by atoms with Gasteiger partial charge in [0.2, 0.25) is 5.91 Å². The van der Waals surface area contributed by atoms with Gasteiger partial charge in [-0.25, -0.2) is 4.98 Å². The summed E-state index contributed by atoms with van der Waals surface area (Å²) in [5.74, 6) is 1.66. The fraction of sp³-hybridized carbons (Fsp3) is 0.474. The standard InChI is InChI=1S/C19H25N3O2/c1-2-18-20-8-10-21(18)13-19(24)22-9-7-17(12-22)11-15-3-5-16(14-23)6-4-15/h3-6,8,10,17,23H,2,7,9,11-14H2,1H3/t17-/m0/s1. The SMILES string of the molecule is CCc1nccn1CC(=O)N1CC[C@@H](Cc2ccc(CO)cc2)C1. The maximum Gasteiger partial charge on any atom is 0.242 e. The summed E-state index contributed by atoms with van der Waals surface area (Å²) in [5.41, 5.74) is 2.21. The van der Waals surface area contributed by atoms with Gasteiger partial charge in [-0.3, -0.25) is 4.79 Å². The van der Waals surface area contributed by atoms with Crippen LogP contribution < -0.4 is 0 Å². The molecule has 0 bridgehead atoms. The summed E-state index contributed by atoms with van der Waals surface area (Å²) in [4.78, 5) is 18.8. The van der Waals surface area contributed by atoms with Gasteiger partial charge in [-0.05, 0) is 29.9 Å². The van der Waals surface area contributed by atoms with E-state index in [1.165, 1.54) is 5.56 Å². The molecule has 5 heteroatoms. The molecule has 0 saturated carbocycles. The smallest absolute Gasteiger partial charge is 0.242 e. The molecular formula is C19H25N3O2. The number of rotatable bonds is 6. The lowest BCUT2D eigenvalue weighted by Gasteiger charge is -2.17. The van der Waals surface area contributed by atoms with E-state index in [2.05, 4.69) is 24.0 Å². The van der Waals surface area contributed by atoms with Crippen LogP contribution in [0.2, 0.25) is 0 Å². The Morgan fingerprint density at radius 3 is 2.75 bits per heavy atom. The van der Waals surface area contributed by atoms with Crippen LogP contribution in [-0.2, 0) is 30.8 Å². The van der Waals surface area contributed by atoms with Crippen molar-refractivity contribution < 1.29 is 9.90 Å². The molecule has 0 unspecified atom stereocenters. The number of nitrogens with zero attached hydrogens (tertiary/aromatic N) is 3. The Bertz CT molecular complexity index is 678. The van der Waals surface area contributed by atoms with Gasteiger partial charge in [-0.15, -0.1) is 0 Å². The van der Waals surface area contributed by atoms with E-state index in [4.69, 9.17) is 5.11 Å². The highest BCUT2D eigenvalue weighted by molar-refractivity contribution is 5.76. The third-order valence-corrected chi connectivity index (χ3v) is 4.79. The van der Waals surface area contributed by atoms with Gasteiger partial charge in [0.05, 0.1) is 6.61 Å². The molecule has 1 atom stereocenters. The molecule has 3 rings (SSSR count). The van der Waals surface area contributed by atoms with Crippen molar-refractivity contribution in [3.63, 3.8) is 0 Å². The van der Waals surface area contributed by atoms with E-state index < -0.39 is 0 Å². The molecule has 2 aromatic rings. The minimum Gasteiger partial charge on any atom is -0.392 e. The maximum atomic E-state index is 12.5. The van der Waals surface area contributed by atoms with Gasteiger partial charge in [0.1, 0.15) is 12.4 Å². The van der Waals surface area contributed by atoms with E-state index in [0.29, 0.717) is 12.5 Å². The molecule has 24 heavy (non-hydrogen) atoms. The first-order valence-electron chi connectivity index (χ1n) is 8.66. The first-order valence-corrected chi connectivity index (χ1v) is 8.66. The van der Waals surface area contributed by atoms with E-state index in [-0.39, 0.29) is 12.5 Å². The van der Waals surface area contributed by atoms with E-state index in [1.807, 2.05) is 27.8 Å². The molecule has 5 nitrogen and oxygen atoms in total. The fourth-order valence-electron chi connectivity index (χ4n) is 3.38. The fourth-order valence-corrected chi connectivity index (χ4v) is 3.38. The zero-order valence-corrected chi connectivity index (χ0v) is 14.2. The van der Waals surface area contributed by atoms with Crippen molar-refractivity contribution in [1.29, 1.82) is 0 Å². The van der Waals surface area contributed by atoms with E-state index in [0.717, 1.165) is 43.7 Å². The number of carbonyl (C=O) groups is 1. The Balaban J connectivity index is 1.53. The lowest BCUT2D eigenvalue weighted by atomic mass is 9.98. The van der Waals surface area contributed by atoms with Crippen LogP contribution in [0, 0.1) is 5.92 Å². The molecule has 128 valence electrons. The van der Waals surface area contributed by atoms with Gasteiger partial charge in [-0.2, -0.15) is 0 Å². The van der Waals surface area contributed by atoms with Crippen molar-refractivity contribution in [3.8, 4) is 0 Å². The summed E-state index contributed by atoms with van der Waals surface area (Å²) in [6, 6.07) is 8.10. The summed E-state index contributed by atoms with van der Waals surface area (Å²) in [7, 11) is 0. The van der Waals surface area contributed by atoms with E-state index in [1.54, 1.807) is 6.20 Å². The molecule has 1 saturated heterocycles. The topological polar surface area (TPSA) is 58.4 Å². The van der Waals surface area contributed by atoms with Crippen LogP contribution in [0.5, 0.6) is 0 Å². The van der Waals surface area contributed by atoms with Crippen molar-refractivity contribution >= 4 is 5.91 Å². The number of benzene rings is 1. The minimum atomic E-state index is 0.0833. The zero-order valence-electron chi connectivity index (χ0n) is 14.2. The first-order chi connectivity index (χ1) is 11.7. The largest absolute Gasteiger partial charge is 0.392 e. The van der Waals surface area contributed by atoms with Crippen LogP contribution in [0.15, 0.2) is 36.7 Å². The molecule has 1 aliphatic heterocycles. The molecule has 0 radical (unpaired) electrons. The Morgan fingerprint density at radius 1 is 1.29 bits per heavy atom. The third kappa shape index (κ3) is 3.85. The molecular weight excluding hydrogens is 302 g/mol. The Morgan fingerprint density at radius 2 is 2.04 bits per heavy atom. The monoisotopic (exact) mass is 327 g/mol. The second-order valence-electron chi connectivity index (χ2n) is 6.50. The van der Waals surface area contributed by atoms with Crippen LogP contribution >= 0.6 is 0 Å². The molecule has 2 heterocycles. The van der Waals surface area contributed by atoms with Crippen molar-refractivity contribution in [2.24, 2.45) is 5.92 Å². The maximum absolute atomic E-state index is 12.5. The van der Waals surface area contributed by atoms with Crippen molar-refractivity contribution in [1.82, 2.24) is 14.5 Å². The van der Waals surface area contributed by atoms with Gasteiger partial charge in [0.25, 0.3) is 0 Å². The molecule has 1 amide bonds. The summed E-state index contributed by atoms with van der Waals surface area (Å²) in [5, 5.41) is 9.10. The zero-order chi connectivity index (χ0) is 16.9. The molecule has 1 aromatic carbocycles. The number of hydrogen-bond donors (Lipinski definition) is 1. The molecule has 0 aliphatic carbocycles. The third-order valence-electron chi connectivity index (χ3n) is 4.79. The number of aromatic nitrogens is 2. The van der Waals surface area contributed by atoms with Gasteiger partial charge < -0.3 is 14.6 Å². The lowest BCUT2D eigenvalue weighted by molar-refractivity contribution is -0.130. The van der Waals surface area contributed by atoms with Crippen LogP contribution in [0.4, 0.5) is 0 Å². The van der Waals surface area contributed by atoms with Gasteiger partial charge >= 0.3 is 0 Å². The highest BCUT2D eigenvalue weighted by Gasteiger charge is 2.26. The predicted molar refractivity (Wildman–Crippen MR) is 92.4 cm³/mol. The Kier molecular flexibility index (Phi) is 5.30. The predicted octanol–water partition coefficient (Wildman–Crippen LogP) is 2.03. The summed E-state index contributed by atoms with van der Waals surface area (Å²) in [6.07, 6.45) is 6.52. The molecule has 1 N–H and O–H groups in total. The van der Waals surface area contributed by atoms with Crippen LogP contribution in [0.1, 0.15) is 30.3 Å². The Labute approximate surface area is 142 Å². The minimum absolute atomic E-state index is 0.0833. The molecule has 0 spiro atoms. The highest BCUT2D eigenvalue weighted by atomic mass is 16.3. The normalized spacial score (nSPS) is 17.4. The first kappa shape index (κ1) is 16.7. The lowest BCUT2D eigenvalue weighted by Crippen LogP contribution is -2.32. The van der Waals surface area contributed by atoms with Gasteiger partial charge in [-0.1, -0.05) is 31.2 Å². The van der Waals surface area contributed by atoms with Crippen molar-refractivity contribution in [2.75, 3.05) is 13.1 Å². The van der Waals surface area contributed by atoms with Crippen molar-refractivity contribution in [2.45, 2.75) is 39.3 Å². The number of aliphatic hydroxyl groups excluding tert-OH is 1. The number of carbonyl (C=O) groups excluding carboxylic acids is 1. The average Bonchev–Trinajstić information content (AvgIpc) is 3.24. The molecule has 1 fully saturated rings. The summed E-state index contributed by atoms with van der Waals surface area (Å²) >= 11 is 0. The number of aliphatic hydroxyl groups is 1. The van der Waals surface area contributed by atoms with E-state index >= 15 is 0 Å². The Hall–Kier alpha value is -2.14. The quantitative estimate of drug-likeness (QED) is 0.883. The summed E-state index contributed by atoms with van der Waals surface area (Å²) in [6.45, 7) is 4.20. The average molecular weight is 327 g/mol. The van der Waals surface area contributed by atoms with Crippen LogP contribution in [0.3, 0.4) is 0 Å². The van der Waals surface area contributed by atoms with E-state index in [9.17, 15) is 4.79 Å². The van der Waals surface area contributed by atoms with Crippen LogP contribution in [-0.4, -0.2) is 38.6 Å². The molecule has 1 aliphatic rings. The highest BCUT2D eigenvalue weighted by Crippen LogP contribution is 2.21. The van der Waals surface area contributed by atoms with Crippen molar-refractivity contribution in [3.05, 3.63) is 53.6 Å².